The van der Waals surface area contributed by atoms with Crippen LogP contribution in [0.2, 0.25) is 0 Å². The zero-order valence-electron chi connectivity index (χ0n) is 12.6. The number of likely N-dealkylation sites (N-methyl/N-ethyl adjacent to an activating group) is 1. The monoisotopic (exact) mass is 274 g/mol. The molecule has 4 heteroatoms. The Morgan fingerprint density at radius 1 is 1.35 bits per heavy atom. The quantitative estimate of drug-likeness (QED) is 0.911. The molecular formula is C16H22N2O2. The van der Waals surface area contributed by atoms with Crippen LogP contribution in [-0.2, 0) is 17.9 Å². The van der Waals surface area contributed by atoms with Gasteiger partial charge < -0.3 is 9.67 Å². The highest BCUT2D eigenvalue weighted by molar-refractivity contribution is 5.84. The number of aromatic nitrogens is 1. The predicted octanol–water partition coefficient (Wildman–Crippen LogP) is 2.96. The maximum Gasteiger partial charge on any atom is 0.323 e. The number of hydrogen-bond acceptors (Lipinski definition) is 2. The lowest BCUT2D eigenvalue weighted by Gasteiger charge is -2.31. The van der Waals surface area contributed by atoms with Gasteiger partial charge in [0.2, 0.25) is 0 Å². The predicted molar refractivity (Wildman–Crippen MR) is 80.8 cm³/mol. The SMILES string of the molecule is CCn1cc(CN(C)C(C)(C)C(=O)O)c2ccccc21. The fraction of sp³-hybridized carbons (Fsp3) is 0.438. The first-order chi connectivity index (χ1) is 9.37. The number of carboxylic acids is 1. The molecule has 1 aromatic heterocycles. The fourth-order valence-electron chi connectivity index (χ4n) is 2.33. The van der Waals surface area contributed by atoms with Crippen LogP contribution in [0.25, 0.3) is 10.9 Å². The Morgan fingerprint density at radius 3 is 2.60 bits per heavy atom. The Morgan fingerprint density at radius 2 is 2.00 bits per heavy atom. The molecule has 0 radical (unpaired) electrons. The Balaban J connectivity index is 2.37. The minimum Gasteiger partial charge on any atom is -0.480 e. The van der Waals surface area contributed by atoms with Crippen LogP contribution < -0.4 is 0 Å². The standard InChI is InChI=1S/C16H22N2O2/c1-5-18-11-12(13-8-6-7-9-14(13)18)10-17(4)16(2,3)15(19)20/h6-9,11H,5,10H2,1-4H3,(H,19,20). The molecule has 0 aliphatic rings. The average Bonchev–Trinajstić information content (AvgIpc) is 2.77. The number of carboxylic acid groups (broad SMARTS) is 1. The number of aryl methyl sites for hydroxylation is 1. The van der Waals surface area contributed by atoms with Crippen molar-refractivity contribution in [3.63, 3.8) is 0 Å². The van der Waals surface area contributed by atoms with Gasteiger partial charge in [0.25, 0.3) is 0 Å². The maximum absolute atomic E-state index is 11.3. The van der Waals surface area contributed by atoms with E-state index >= 15 is 0 Å². The van der Waals surface area contributed by atoms with Crippen LogP contribution in [0.5, 0.6) is 0 Å². The normalized spacial score (nSPS) is 12.2. The van der Waals surface area contributed by atoms with Crippen molar-refractivity contribution in [3.05, 3.63) is 36.0 Å². The van der Waals surface area contributed by atoms with E-state index in [1.165, 1.54) is 16.5 Å². The van der Waals surface area contributed by atoms with Crippen LogP contribution in [0, 0.1) is 0 Å². The lowest BCUT2D eigenvalue weighted by atomic mass is 10.0. The summed E-state index contributed by atoms with van der Waals surface area (Å²) in [4.78, 5) is 13.2. The van der Waals surface area contributed by atoms with E-state index in [1.807, 2.05) is 24.1 Å². The third kappa shape index (κ3) is 2.43. The van der Waals surface area contributed by atoms with Crippen molar-refractivity contribution in [1.82, 2.24) is 9.47 Å². The summed E-state index contributed by atoms with van der Waals surface area (Å²) in [6.07, 6.45) is 2.12. The fourth-order valence-corrected chi connectivity index (χ4v) is 2.33. The highest BCUT2D eigenvalue weighted by Crippen LogP contribution is 2.24. The van der Waals surface area contributed by atoms with Gasteiger partial charge in [-0.15, -0.1) is 0 Å². The highest BCUT2D eigenvalue weighted by Gasteiger charge is 2.32. The first-order valence-corrected chi connectivity index (χ1v) is 6.89. The van der Waals surface area contributed by atoms with Crippen molar-refractivity contribution in [1.29, 1.82) is 0 Å². The lowest BCUT2D eigenvalue weighted by molar-refractivity contribution is -0.148. The molecule has 0 spiro atoms. The van der Waals surface area contributed by atoms with Gasteiger partial charge in [-0.1, -0.05) is 18.2 Å². The molecule has 0 fully saturated rings. The van der Waals surface area contributed by atoms with Crippen LogP contribution in [-0.4, -0.2) is 33.1 Å². The van der Waals surface area contributed by atoms with Crippen LogP contribution in [0.4, 0.5) is 0 Å². The molecule has 108 valence electrons. The first kappa shape index (κ1) is 14.6. The summed E-state index contributed by atoms with van der Waals surface area (Å²) in [6, 6.07) is 8.25. The van der Waals surface area contributed by atoms with Crippen LogP contribution >= 0.6 is 0 Å². The molecule has 0 amide bonds. The Kier molecular flexibility index (Phi) is 3.86. The van der Waals surface area contributed by atoms with Crippen LogP contribution in [0.3, 0.4) is 0 Å². The minimum absolute atomic E-state index is 0.618. The molecule has 1 heterocycles. The number of aliphatic carboxylic acids is 1. The van der Waals surface area contributed by atoms with Crippen LogP contribution in [0.1, 0.15) is 26.3 Å². The van der Waals surface area contributed by atoms with Crippen molar-refractivity contribution < 1.29 is 9.90 Å². The summed E-state index contributed by atoms with van der Waals surface area (Å²) < 4.78 is 2.20. The van der Waals surface area contributed by atoms with Gasteiger partial charge in [-0.25, -0.2) is 0 Å². The van der Waals surface area contributed by atoms with E-state index in [2.05, 4.69) is 29.8 Å². The number of hydrogen-bond donors (Lipinski definition) is 1. The van der Waals surface area contributed by atoms with E-state index in [9.17, 15) is 9.90 Å². The van der Waals surface area contributed by atoms with E-state index in [1.54, 1.807) is 13.8 Å². The Hall–Kier alpha value is -1.81. The third-order valence-corrected chi connectivity index (χ3v) is 4.10. The molecule has 0 aliphatic carbocycles. The van der Waals surface area contributed by atoms with E-state index in [-0.39, 0.29) is 0 Å². The molecule has 1 N–H and O–H groups in total. The summed E-state index contributed by atoms with van der Waals surface area (Å²) in [7, 11) is 1.85. The Labute approximate surface area is 119 Å². The van der Waals surface area contributed by atoms with Gasteiger partial charge in [-0.3, -0.25) is 9.69 Å². The molecule has 0 atom stereocenters. The number of fused-ring (bicyclic) bond motifs is 1. The molecule has 20 heavy (non-hydrogen) atoms. The van der Waals surface area contributed by atoms with Crippen molar-refractivity contribution >= 4 is 16.9 Å². The van der Waals surface area contributed by atoms with E-state index in [4.69, 9.17) is 0 Å². The molecule has 4 nitrogen and oxygen atoms in total. The molecule has 0 saturated heterocycles. The summed E-state index contributed by atoms with van der Waals surface area (Å²) in [5.41, 5.74) is 1.49. The third-order valence-electron chi connectivity index (χ3n) is 4.10. The van der Waals surface area contributed by atoms with E-state index < -0.39 is 11.5 Å². The zero-order chi connectivity index (χ0) is 14.9. The molecular weight excluding hydrogens is 252 g/mol. The second-order valence-electron chi connectivity index (χ2n) is 5.68. The van der Waals surface area contributed by atoms with Crippen molar-refractivity contribution in [2.75, 3.05) is 7.05 Å². The second-order valence-corrected chi connectivity index (χ2v) is 5.68. The number of rotatable bonds is 5. The largest absolute Gasteiger partial charge is 0.480 e. The Bertz CT molecular complexity index is 628. The zero-order valence-corrected chi connectivity index (χ0v) is 12.6. The van der Waals surface area contributed by atoms with Crippen molar-refractivity contribution in [3.8, 4) is 0 Å². The first-order valence-electron chi connectivity index (χ1n) is 6.89. The number of para-hydroxylation sites is 1. The van der Waals surface area contributed by atoms with Gasteiger partial charge in [0.05, 0.1) is 0 Å². The maximum atomic E-state index is 11.3. The molecule has 0 unspecified atom stereocenters. The number of carbonyl (C=O) groups is 1. The average molecular weight is 274 g/mol. The molecule has 0 aliphatic heterocycles. The number of benzene rings is 1. The van der Waals surface area contributed by atoms with Gasteiger partial charge in [0, 0.05) is 30.2 Å². The van der Waals surface area contributed by atoms with Crippen molar-refractivity contribution in [2.45, 2.75) is 39.4 Å². The summed E-state index contributed by atoms with van der Waals surface area (Å²) in [5, 5.41) is 10.5. The van der Waals surface area contributed by atoms with Crippen molar-refractivity contribution in [2.24, 2.45) is 0 Å². The van der Waals surface area contributed by atoms with E-state index in [0.717, 1.165) is 6.54 Å². The van der Waals surface area contributed by atoms with Gasteiger partial charge in [-0.2, -0.15) is 0 Å². The second kappa shape index (κ2) is 5.29. The van der Waals surface area contributed by atoms with Gasteiger partial charge in [-0.05, 0) is 39.4 Å². The summed E-state index contributed by atoms with van der Waals surface area (Å²) >= 11 is 0. The van der Waals surface area contributed by atoms with Gasteiger partial charge in [0.15, 0.2) is 0 Å². The topological polar surface area (TPSA) is 45.5 Å². The summed E-state index contributed by atoms with van der Waals surface area (Å²) in [6.45, 7) is 7.10. The van der Waals surface area contributed by atoms with E-state index in [0.29, 0.717) is 6.54 Å². The van der Waals surface area contributed by atoms with Gasteiger partial charge in [0.1, 0.15) is 5.54 Å². The minimum atomic E-state index is -0.880. The number of nitrogens with zero attached hydrogens (tertiary/aromatic N) is 2. The molecule has 0 saturated carbocycles. The molecule has 1 aromatic carbocycles. The van der Waals surface area contributed by atoms with Crippen LogP contribution in [0.15, 0.2) is 30.5 Å². The summed E-state index contributed by atoms with van der Waals surface area (Å²) in [5.74, 6) is -0.806. The smallest absolute Gasteiger partial charge is 0.323 e. The highest BCUT2D eigenvalue weighted by atomic mass is 16.4. The molecule has 0 bridgehead atoms. The van der Waals surface area contributed by atoms with Gasteiger partial charge >= 0.3 is 5.97 Å². The molecule has 2 rings (SSSR count). The molecule has 2 aromatic rings. The lowest BCUT2D eigenvalue weighted by Crippen LogP contribution is -2.47.